The zero-order chi connectivity index (χ0) is 25.8. The summed E-state index contributed by atoms with van der Waals surface area (Å²) in [6.45, 7) is 2.38. The van der Waals surface area contributed by atoms with E-state index in [9.17, 15) is 14.0 Å². The SMILES string of the molecule is CCCOC(=O)N[C@H]1CC[C@H](Nc2cc(NC3CC3)c3ncc(C(=O)Nc4ccncc4F)n3n2)CC1. The van der Waals surface area contributed by atoms with Gasteiger partial charge in [0.05, 0.1) is 30.4 Å². The highest BCUT2D eigenvalue weighted by Crippen LogP contribution is 2.30. The van der Waals surface area contributed by atoms with Crippen molar-refractivity contribution in [1.82, 2.24) is 24.9 Å². The average molecular weight is 511 g/mol. The number of amides is 2. The van der Waals surface area contributed by atoms with Crippen molar-refractivity contribution in [2.24, 2.45) is 0 Å². The molecule has 0 aliphatic heterocycles. The highest BCUT2D eigenvalue weighted by atomic mass is 19.1. The number of halogens is 1. The van der Waals surface area contributed by atoms with Gasteiger partial charge in [0.2, 0.25) is 0 Å². The van der Waals surface area contributed by atoms with E-state index in [0.29, 0.717) is 24.1 Å². The van der Waals surface area contributed by atoms with Crippen LogP contribution in [-0.2, 0) is 4.74 Å². The molecule has 3 aromatic rings. The Hall–Kier alpha value is -3.96. The van der Waals surface area contributed by atoms with Crippen LogP contribution in [-0.4, -0.2) is 56.3 Å². The first kappa shape index (κ1) is 24.7. The van der Waals surface area contributed by atoms with Crippen LogP contribution >= 0.6 is 0 Å². The first-order valence-electron chi connectivity index (χ1n) is 12.8. The standard InChI is InChI=1S/C25H31FN8O3/c1-2-11-37-25(36)31-17-7-5-16(6-8-17)30-22-12-20(29-15-3-4-15)23-28-14-21(34(23)33-22)24(35)32-19-9-10-27-13-18(19)26/h9-10,12-17,29H,2-8,11H2,1H3,(H,30,33)(H,31,36)(H,27,32,35)/t16-,17-. The van der Waals surface area contributed by atoms with Crippen molar-refractivity contribution < 1.29 is 18.7 Å². The molecule has 0 spiro atoms. The maximum Gasteiger partial charge on any atom is 0.407 e. The molecular weight excluding hydrogens is 479 g/mol. The topological polar surface area (TPSA) is 135 Å². The van der Waals surface area contributed by atoms with Gasteiger partial charge in [-0.05, 0) is 51.0 Å². The lowest BCUT2D eigenvalue weighted by Gasteiger charge is -2.29. The number of pyridine rings is 1. The molecule has 2 aliphatic rings. The molecule has 11 nitrogen and oxygen atoms in total. The summed E-state index contributed by atoms with van der Waals surface area (Å²) in [4.78, 5) is 33.0. The van der Waals surface area contributed by atoms with Gasteiger partial charge in [0.1, 0.15) is 5.82 Å². The first-order chi connectivity index (χ1) is 18.0. The van der Waals surface area contributed by atoms with E-state index in [-0.39, 0.29) is 29.6 Å². The van der Waals surface area contributed by atoms with E-state index in [2.05, 4.69) is 36.3 Å². The molecule has 2 fully saturated rings. The van der Waals surface area contributed by atoms with Crippen LogP contribution in [0, 0.1) is 5.82 Å². The molecule has 4 N–H and O–H groups in total. The summed E-state index contributed by atoms with van der Waals surface area (Å²) in [6.07, 6.45) is 9.81. The highest BCUT2D eigenvalue weighted by Gasteiger charge is 2.26. The molecule has 3 heterocycles. The fraction of sp³-hybridized carbons (Fsp3) is 0.480. The third-order valence-electron chi connectivity index (χ3n) is 6.50. The summed E-state index contributed by atoms with van der Waals surface area (Å²) < 4.78 is 20.6. The quantitative estimate of drug-likeness (QED) is 0.340. The molecule has 0 aromatic carbocycles. The fourth-order valence-electron chi connectivity index (χ4n) is 4.40. The minimum absolute atomic E-state index is 0.0319. The first-order valence-corrected chi connectivity index (χ1v) is 12.8. The molecule has 3 aromatic heterocycles. The summed E-state index contributed by atoms with van der Waals surface area (Å²) in [5, 5.41) is 17.1. The number of hydrogen-bond acceptors (Lipinski definition) is 8. The molecule has 0 saturated heterocycles. The predicted octanol–water partition coefficient (Wildman–Crippen LogP) is 3.95. The van der Waals surface area contributed by atoms with Crippen LogP contribution in [0.15, 0.2) is 30.7 Å². The van der Waals surface area contributed by atoms with E-state index in [1.165, 1.54) is 23.0 Å². The van der Waals surface area contributed by atoms with Gasteiger partial charge in [0.15, 0.2) is 17.2 Å². The monoisotopic (exact) mass is 510 g/mol. The number of nitrogens with zero attached hydrogens (tertiary/aromatic N) is 4. The number of hydrogen-bond donors (Lipinski definition) is 4. The second-order valence-corrected chi connectivity index (χ2v) is 9.52. The Morgan fingerprint density at radius 2 is 1.78 bits per heavy atom. The number of aromatic nitrogens is 4. The van der Waals surface area contributed by atoms with Crippen LogP contribution < -0.4 is 21.3 Å². The minimum atomic E-state index is -0.625. The molecule has 0 radical (unpaired) electrons. The van der Waals surface area contributed by atoms with Gasteiger partial charge < -0.3 is 26.0 Å². The van der Waals surface area contributed by atoms with Crippen molar-refractivity contribution in [3.63, 3.8) is 0 Å². The summed E-state index contributed by atoms with van der Waals surface area (Å²) in [5.74, 6) is -0.544. The molecule has 196 valence electrons. The smallest absolute Gasteiger partial charge is 0.407 e. The summed E-state index contributed by atoms with van der Waals surface area (Å²) in [7, 11) is 0. The molecule has 0 bridgehead atoms. The Morgan fingerprint density at radius 1 is 1.05 bits per heavy atom. The molecular formula is C25H31FN8O3. The number of nitrogens with one attached hydrogen (secondary N) is 4. The number of imidazole rings is 1. The van der Waals surface area contributed by atoms with Crippen LogP contribution in [0.25, 0.3) is 5.65 Å². The normalized spacial score (nSPS) is 19.3. The van der Waals surface area contributed by atoms with Crippen molar-refractivity contribution in [1.29, 1.82) is 0 Å². The number of fused-ring (bicyclic) bond motifs is 1. The Kier molecular flexibility index (Phi) is 7.33. The molecule has 37 heavy (non-hydrogen) atoms. The molecule has 0 unspecified atom stereocenters. The van der Waals surface area contributed by atoms with Crippen LogP contribution in [0.5, 0.6) is 0 Å². The number of alkyl carbamates (subject to hydrolysis) is 1. The molecule has 0 atom stereocenters. The molecule has 2 aliphatic carbocycles. The van der Waals surface area contributed by atoms with Gasteiger partial charge in [-0.1, -0.05) is 6.92 Å². The van der Waals surface area contributed by atoms with Crippen molar-refractivity contribution in [3.8, 4) is 0 Å². The van der Waals surface area contributed by atoms with Gasteiger partial charge in [-0.2, -0.15) is 0 Å². The summed E-state index contributed by atoms with van der Waals surface area (Å²) in [6, 6.07) is 3.92. The fourth-order valence-corrected chi connectivity index (χ4v) is 4.40. The van der Waals surface area contributed by atoms with Gasteiger partial charge in [0.25, 0.3) is 5.91 Å². The maximum absolute atomic E-state index is 14.0. The van der Waals surface area contributed by atoms with Gasteiger partial charge >= 0.3 is 6.09 Å². The average Bonchev–Trinajstić information content (AvgIpc) is 3.60. The van der Waals surface area contributed by atoms with Gasteiger partial charge in [0, 0.05) is 30.4 Å². The summed E-state index contributed by atoms with van der Waals surface area (Å²) >= 11 is 0. The molecule has 2 amide bonds. The summed E-state index contributed by atoms with van der Waals surface area (Å²) in [5.41, 5.74) is 1.52. The third-order valence-corrected chi connectivity index (χ3v) is 6.50. The lowest BCUT2D eigenvalue weighted by molar-refractivity contribution is 0.101. The molecule has 5 rings (SSSR count). The van der Waals surface area contributed by atoms with E-state index in [0.717, 1.165) is 56.8 Å². The van der Waals surface area contributed by atoms with Gasteiger partial charge in [-0.25, -0.2) is 18.7 Å². The van der Waals surface area contributed by atoms with E-state index in [1.807, 2.05) is 13.0 Å². The highest BCUT2D eigenvalue weighted by molar-refractivity contribution is 6.03. The lowest BCUT2D eigenvalue weighted by atomic mass is 9.91. The Morgan fingerprint density at radius 3 is 2.51 bits per heavy atom. The number of rotatable bonds is 9. The minimum Gasteiger partial charge on any atom is -0.450 e. The number of carbonyl (C=O) groups excluding carboxylic acids is 2. The van der Waals surface area contributed by atoms with Crippen LogP contribution in [0.3, 0.4) is 0 Å². The molecule has 12 heteroatoms. The van der Waals surface area contributed by atoms with Gasteiger partial charge in [-0.15, -0.1) is 5.10 Å². The van der Waals surface area contributed by atoms with E-state index >= 15 is 0 Å². The maximum atomic E-state index is 14.0. The Labute approximate surface area is 213 Å². The lowest BCUT2D eigenvalue weighted by Crippen LogP contribution is -2.40. The van der Waals surface area contributed by atoms with Crippen molar-refractivity contribution in [3.05, 3.63) is 42.2 Å². The largest absolute Gasteiger partial charge is 0.450 e. The Balaban J connectivity index is 1.30. The van der Waals surface area contributed by atoms with Crippen molar-refractivity contribution in [2.75, 3.05) is 22.6 Å². The number of ether oxygens (including phenoxy) is 1. The number of carbonyl (C=O) groups is 2. The second kappa shape index (κ2) is 11.0. The Bertz CT molecular complexity index is 1270. The zero-order valence-electron chi connectivity index (χ0n) is 20.7. The molecule has 2 saturated carbocycles. The van der Waals surface area contributed by atoms with E-state index < -0.39 is 11.7 Å². The van der Waals surface area contributed by atoms with Crippen LogP contribution in [0.4, 0.5) is 26.4 Å². The number of anilines is 3. The van der Waals surface area contributed by atoms with Crippen molar-refractivity contribution in [2.45, 2.75) is 70.0 Å². The third kappa shape index (κ3) is 6.07. The predicted molar refractivity (Wildman–Crippen MR) is 136 cm³/mol. The zero-order valence-corrected chi connectivity index (χ0v) is 20.7. The van der Waals surface area contributed by atoms with Crippen LogP contribution in [0.2, 0.25) is 0 Å². The van der Waals surface area contributed by atoms with E-state index in [4.69, 9.17) is 4.74 Å². The van der Waals surface area contributed by atoms with Crippen LogP contribution in [0.1, 0.15) is 62.4 Å². The van der Waals surface area contributed by atoms with E-state index in [1.54, 1.807) is 0 Å². The van der Waals surface area contributed by atoms with Gasteiger partial charge in [-0.3, -0.25) is 9.78 Å². The second-order valence-electron chi connectivity index (χ2n) is 9.52. The van der Waals surface area contributed by atoms with Crippen molar-refractivity contribution >= 4 is 34.8 Å².